The zero-order valence-electron chi connectivity index (χ0n) is 16.4. The van der Waals surface area contributed by atoms with Crippen molar-refractivity contribution < 1.29 is 9.90 Å². The molecule has 1 aliphatic carbocycles. The molecule has 0 bridgehead atoms. The van der Waals surface area contributed by atoms with E-state index in [1.807, 2.05) is 24.3 Å². The minimum Gasteiger partial charge on any atom is -0.481 e. The molecule has 4 N–H and O–H groups in total. The molecule has 5 rings (SSSR count). The average molecular weight is 483 g/mol. The number of aromatic nitrogens is 5. The van der Waals surface area contributed by atoms with Crippen molar-refractivity contribution >= 4 is 49.8 Å². The number of hydrogen-bond donors (Lipinski definition) is 3. The molecule has 4 aromatic rings. The van der Waals surface area contributed by atoms with Gasteiger partial charge in [0.2, 0.25) is 0 Å². The van der Waals surface area contributed by atoms with Crippen molar-refractivity contribution in [1.29, 1.82) is 0 Å². The van der Waals surface area contributed by atoms with Crippen molar-refractivity contribution in [3.8, 4) is 11.4 Å². The molecule has 0 spiro atoms. The van der Waals surface area contributed by atoms with Gasteiger partial charge in [-0.15, -0.1) is 0 Å². The van der Waals surface area contributed by atoms with E-state index in [9.17, 15) is 14.7 Å². The van der Waals surface area contributed by atoms with E-state index in [1.54, 1.807) is 4.57 Å². The summed E-state index contributed by atoms with van der Waals surface area (Å²) in [6.07, 6.45) is 3.46. The Kier molecular flexibility index (Phi) is 4.73. The topological polar surface area (TPSA) is 140 Å². The molecule has 3 aromatic heterocycles. The predicted octanol–water partition coefficient (Wildman–Crippen LogP) is 3.50. The summed E-state index contributed by atoms with van der Waals surface area (Å²) in [6, 6.07) is 7.48. The highest BCUT2D eigenvalue weighted by Gasteiger charge is 2.30. The number of anilines is 1. The zero-order chi connectivity index (χ0) is 21.7. The van der Waals surface area contributed by atoms with Crippen molar-refractivity contribution in [1.82, 2.24) is 24.5 Å². The number of para-hydroxylation sites is 1. The number of aromatic amines is 1. The van der Waals surface area contributed by atoms with Gasteiger partial charge >= 0.3 is 5.97 Å². The van der Waals surface area contributed by atoms with Crippen LogP contribution in [0.15, 0.2) is 39.9 Å². The Morgan fingerprint density at radius 1 is 1.23 bits per heavy atom. The third-order valence-electron chi connectivity index (χ3n) is 5.98. The second-order valence-electron chi connectivity index (χ2n) is 7.80. The van der Waals surface area contributed by atoms with Gasteiger partial charge in [-0.25, -0.2) is 15.0 Å². The highest BCUT2D eigenvalue weighted by atomic mass is 79.9. The van der Waals surface area contributed by atoms with Gasteiger partial charge in [0.1, 0.15) is 11.8 Å². The van der Waals surface area contributed by atoms with Crippen LogP contribution in [0.5, 0.6) is 0 Å². The zero-order valence-corrected chi connectivity index (χ0v) is 18.0. The second-order valence-corrected chi connectivity index (χ2v) is 8.65. The number of aliphatic carboxylic acids is 1. The Morgan fingerprint density at radius 2 is 2.00 bits per heavy atom. The molecule has 3 heterocycles. The van der Waals surface area contributed by atoms with Crippen molar-refractivity contribution in [3.05, 3.63) is 45.4 Å². The SMILES string of the molecule is Nc1ncnc2c1nc(-c1cc3cccc(Br)c3[nH]1)c(=O)n2C1CCC(C(=O)O)CC1. The summed E-state index contributed by atoms with van der Waals surface area (Å²) in [7, 11) is 0. The molecule has 1 aliphatic rings. The van der Waals surface area contributed by atoms with Crippen LogP contribution in [0.1, 0.15) is 31.7 Å². The van der Waals surface area contributed by atoms with E-state index < -0.39 is 5.97 Å². The number of nitrogens with zero attached hydrogens (tertiary/aromatic N) is 4. The van der Waals surface area contributed by atoms with Gasteiger partial charge < -0.3 is 15.8 Å². The lowest BCUT2D eigenvalue weighted by Gasteiger charge is -2.28. The van der Waals surface area contributed by atoms with E-state index in [0.717, 1.165) is 15.4 Å². The van der Waals surface area contributed by atoms with Crippen LogP contribution in [-0.4, -0.2) is 35.6 Å². The highest BCUT2D eigenvalue weighted by Crippen LogP contribution is 2.34. The second kappa shape index (κ2) is 7.45. The monoisotopic (exact) mass is 482 g/mol. The van der Waals surface area contributed by atoms with Gasteiger partial charge in [0.05, 0.1) is 17.1 Å². The molecule has 0 amide bonds. The molecule has 0 unspecified atom stereocenters. The molecule has 31 heavy (non-hydrogen) atoms. The number of carboxylic acid groups (broad SMARTS) is 1. The van der Waals surface area contributed by atoms with Gasteiger partial charge in [0.15, 0.2) is 17.2 Å². The van der Waals surface area contributed by atoms with E-state index in [1.165, 1.54) is 6.33 Å². The fourth-order valence-electron chi connectivity index (χ4n) is 4.38. The van der Waals surface area contributed by atoms with Crippen molar-refractivity contribution in [2.75, 3.05) is 5.73 Å². The molecule has 158 valence electrons. The maximum atomic E-state index is 13.6. The normalized spacial score (nSPS) is 19.1. The van der Waals surface area contributed by atoms with Crippen LogP contribution in [0, 0.1) is 5.92 Å². The molecule has 9 nitrogen and oxygen atoms in total. The molecule has 0 atom stereocenters. The number of carbonyl (C=O) groups is 1. The van der Waals surface area contributed by atoms with Gasteiger partial charge in [0.25, 0.3) is 5.56 Å². The first-order chi connectivity index (χ1) is 14.9. The van der Waals surface area contributed by atoms with Gasteiger partial charge in [-0.2, -0.15) is 0 Å². The summed E-state index contributed by atoms with van der Waals surface area (Å²) in [4.78, 5) is 41.1. The van der Waals surface area contributed by atoms with E-state index in [-0.39, 0.29) is 29.0 Å². The molecule has 1 fully saturated rings. The van der Waals surface area contributed by atoms with E-state index in [2.05, 4.69) is 35.9 Å². The van der Waals surface area contributed by atoms with Crippen LogP contribution in [0.3, 0.4) is 0 Å². The van der Waals surface area contributed by atoms with E-state index >= 15 is 0 Å². The number of halogens is 1. The van der Waals surface area contributed by atoms with Crippen molar-refractivity contribution in [2.45, 2.75) is 31.7 Å². The molecule has 0 radical (unpaired) electrons. The van der Waals surface area contributed by atoms with Gasteiger partial charge in [-0.05, 0) is 53.7 Å². The Balaban J connectivity index is 1.71. The lowest BCUT2D eigenvalue weighted by Crippen LogP contribution is -2.32. The first kappa shape index (κ1) is 19.7. The van der Waals surface area contributed by atoms with Gasteiger partial charge in [-0.1, -0.05) is 12.1 Å². The highest BCUT2D eigenvalue weighted by molar-refractivity contribution is 9.10. The number of benzene rings is 1. The third kappa shape index (κ3) is 3.27. The Hall–Kier alpha value is -3.27. The molecule has 1 aromatic carbocycles. The van der Waals surface area contributed by atoms with Crippen LogP contribution in [-0.2, 0) is 4.79 Å². The summed E-state index contributed by atoms with van der Waals surface area (Å²) in [5.74, 6) is -0.983. The fraction of sp³-hybridized carbons (Fsp3) is 0.286. The summed E-state index contributed by atoms with van der Waals surface area (Å²) in [5, 5.41) is 10.3. The largest absolute Gasteiger partial charge is 0.481 e. The number of nitrogens with two attached hydrogens (primary N) is 1. The number of fused-ring (bicyclic) bond motifs is 2. The third-order valence-corrected chi connectivity index (χ3v) is 6.64. The number of rotatable bonds is 3. The Labute approximate surface area is 184 Å². The minimum absolute atomic E-state index is 0.183. The van der Waals surface area contributed by atoms with Crippen LogP contribution < -0.4 is 11.3 Å². The number of carboxylic acids is 1. The minimum atomic E-state index is -0.790. The number of hydrogen-bond acceptors (Lipinski definition) is 6. The number of H-pyrrole nitrogens is 1. The number of nitrogen functional groups attached to an aromatic ring is 1. The van der Waals surface area contributed by atoms with Crippen LogP contribution in [0.25, 0.3) is 33.5 Å². The summed E-state index contributed by atoms with van der Waals surface area (Å²) in [6.45, 7) is 0. The van der Waals surface area contributed by atoms with E-state index in [0.29, 0.717) is 42.5 Å². The molecular formula is C21H19BrN6O3. The van der Waals surface area contributed by atoms with Crippen LogP contribution in [0.2, 0.25) is 0 Å². The smallest absolute Gasteiger partial charge is 0.306 e. The first-order valence-corrected chi connectivity index (χ1v) is 10.8. The van der Waals surface area contributed by atoms with Gasteiger partial charge in [0, 0.05) is 15.9 Å². The predicted molar refractivity (Wildman–Crippen MR) is 120 cm³/mol. The Bertz CT molecular complexity index is 1390. The summed E-state index contributed by atoms with van der Waals surface area (Å²) in [5.41, 5.74) is 8.21. The fourth-order valence-corrected chi connectivity index (χ4v) is 4.86. The van der Waals surface area contributed by atoms with E-state index in [4.69, 9.17) is 5.73 Å². The lowest BCUT2D eigenvalue weighted by atomic mass is 9.86. The maximum Gasteiger partial charge on any atom is 0.306 e. The van der Waals surface area contributed by atoms with Crippen molar-refractivity contribution in [3.63, 3.8) is 0 Å². The summed E-state index contributed by atoms with van der Waals surface area (Å²) >= 11 is 3.52. The van der Waals surface area contributed by atoms with Gasteiger partial charge in [-0.3, -0.25) is 14.2 Å². The quantitative estimate of drug-likeness (QED) is 0.405. The van der Waals surface area contributed by atoms with Crippen molar-refractivity contribution in [2.24, 2.45) is 5.92 Å². The standard InChI is InChI=1S/C21H19BrN6O3/c22-13-3-1-2-11-8-14(26-15(11)13)16-20(29)28(12-6-4-10(5-7-12)21(30)31)19-17(27-16)18(23)24-9-25-19/h1-3,8-10,12,26H,4-7H2,(H,30,31)(H2,23,24,25). The average Bonchev–Trinajstić information content (AvgIpc) is 3.19. The lowest BCUT2D eigenvalue weighted by molar-refractivity contribution is -0.143. The molecule has 1 saturated carbocycles. The summed E-state index contributed by atoms with van der Waals surface area (Å²) < 4.78 is 2.50. The molecule has 10 heteroatoms. The van der Waals surface area contributed by atoms with Crippen LogP contribution >= 0.6 is 15.9 Å². The molecule has 0 saturated heterocycles. The van der Waals surface area contributed by atoms with Crippen LogP contribution in [0.4, 0.5) is 5.82 Å². The molecular weight excluding hydrogens is 464 g/mol. The number of nitrogens with one attached hydrogen (secondary N) is 1. The first-order valence-electron chi connectivity index (χ1n) is 9.97. The Morgan fingerprint density at radius 3 is 2.71 bits per heavy atom. The molecule has 0 aliphatic heterocycles. The maximum absolute atomic E-state index is 13.6.